The van der Waals surface area contributed by atoms with Crippen molar-refractivity contribution in [3.63, 3.8) is 0 Å². The number of aromatic nitrogens is 2. The molecule has 0 saturated carbocycles. The van der Waals surface area contributed by atoms with Gasteiger partial charge in [-0.2, -0.15) is 0 Å². The van der Waals surface area contributed by atoms with Gasteiger partial charge in [-0.05, 0) is 55.5 Å². The second-order valence-corrected chi connectivity index (χ2v) is 11.5. The molecule has 0 aliphatic heterocycles. The van der Waals surface area contributed by atoms with Crippen LogP contribution in [0.5, 0.6) is 5.75 Å². The summed E-state index contributed by atoms with van der Waals surface area (Å²) in [5.41, 5.74) is 0.777. The van der Waals surface area contributed by atoms with E-state index in [1.807, 2.05) is 51.1 Å². The van der Waals surface area contributed by atoms with E-state index in [-0.39, 0.29) is 41.9 Å². The van der Waals surface area contributed by atoms with E-state index >= 15 is 0 Å². The van der Waals surface area contributed by atoms with Crippen molar-refractivity contribution in [2.24, 2.45) is 12.5 Å². The highest BCUT2D eigenvalue weighted by molar-refractivity contribution is 6.31. The fraction of sp³-hybridized carbons (Fsp3) is 0.419. The summed E-state index contributed by atoms with van der Waals surface area (Å²) in [5, 5.41) is 6.13. The molecule has 0 bridgehead atoms. The summed E-state index contributed by atoms with van der Waals surface area (Å²) in [6.45, 7) is 6.13. The number of nitrogens with one attached hydrogen (secondary N) is 2. The molecule has 10 nitrogen and oxygen atoms in total. The molecule has 0 atom stereocenters. The highest BCUT2D eigenvalue weighted by atomic mass is 35.5. The third-order valence-corrected chi connectivity index (χ3v) is 7.04. The maximum atomic E-state index is 13.6. The summed E-state index contributed by atoms with van der Waals surface area (Å²) in [6, 6.07) is 14.0. The highest BCUT2D eigenvalue weighted by Gasteiger charge is 2.27. The molecule has 0 aliphatic carbocycles. The van der Waals surface area contributed by atoms with E-state index in [1.165, 1.54) is 9.58 Å². The zero-order valence-electron chi connectivity index (χ0n) is 25.1. The third kappa shape index (κ3) is 8.25. The predicted octanol–water partition coefficient (Wildman–Crippen LogP) is 4.42. The van der Waals surface area contributed by atoms with Gasteiger partial charge in [0, 0.05) is 45.6 Å². The second-order valence-electron chi connectivity index (χ2n) is 11.1. The Kier molecular flexibility index (Phi) is 11.0. The minimum absolute atomic E-state index is 0.0111. The normalized spacial score (nSPS) is 11.2. The van der Waals surface area contributed by atoms with Crippen molar-refractivity contribution in [1.29, 1.82) is 0 Å². The number of ether oxygens (including phenoxy) is 1. The lowest BCUT2D eigenvalue weighted by molar-refractivity contribution is -0.128. The average molecular weight is 598 g/mol. The summed E-state index contributed by atoms with van der Waals surface area (Å²) in [5.74, 6) is -0.310. The molecule has 0 radical (unpaired) electrons. The number of amides is 3. The third-order valence-electron chi connectivity index (χ3n) is 6.81. The molecular formula is C31H40ClN5O5. The molecule has 0 fully saturated rings. The molecule has 3 rings (SSSR count). The molecule has 0 unspecified atom stereocenters. The van der Waals surface area contributed by atoms with Gasteiger partial charge in [-0.1, -0.05) is 43.6 Å². The number of benzene rings is 2. The van der Waals surface area contributed by atoms with Gasteiger partial charge in [0.25, 0.3) is 11.5 Å². The summed E-state index contributed by atoms with van der Waals surface area (Å²) >= 11 is 6.10. The van der Waals surface area contributed by atoms with Crippen LogP contribution in [0.15, 0.2) is 53.3 Å². The molecule has 2 N–H and O–H groups in total. The van der Waals surface area contributed by atoms with Crippen LogP contribution < -0.4 is 20.9 Å². The van der Waals surface area contributed by atoms with Crippen LogP contribution in [0.1, 0.15) is 56.1 Å². The van der Waals surface area contributed by atoms with Crippen molar-refractivity contribution < 1.29 is 19.1 Å². The van der Waals surface area contributed by atoms with E-state index in [2.05, 4.69) is 10.6 Å². The van der Waals surface area contributed by atoms with Crippen molar-refractivity contribution in [2.75, 3.05) is 32.6 Å². The largest absolute Gasteiger partial charge is 0.493 e. The van der Waals surface area contributed by atoms with Gasteiger partial charge < -0.3 is 20.3 Å². The Hall–Kier alpha value is -4.05. The van der Waals surface area contributed by atoms with Gasteiger partial charge in [0.1, 0.15) is 11.4 Å². The lowest BCUT2D eigenvalue weighted by Crippen LogP contribution is -2.37. The SMILES string of the molecule is CCOc1ccc(Cl)cc1C(=O)NCC(C)(C)CC(=O)Nc1c(CCCC(=O)N(C)C)n(C)n(-c2ccccc2)c1=O. The molecular weight excluding hydrogens is 558 g/mol. The Morgan fingerprint density at radius 1 is 1.07 bits per heavy atom. The van der Waals surface area contributed by atoms with Gasteiger partial charge in [-0.25, -0.2) is 4.68 Å². The lowest BCUT2D eigenvalue weighted by Gasteiger charge is -2.24. The number of rotatable bonds is 13. The summed E-state index contributed by atoms with van der Waals surface area (Å²) in [4.78, 5) is 53.5. The first-order chi connectivity index (χ1) is 19.8. The van der Waals surface area contributed by atoms with Gasteiger partial charge in [-0.3, -0.25) is 23.9 Å². The van der Waals surface area contributed by atoms with E-state index in [4.69, 9.17) is 16.3 Å². The quantitative estimate of drug-likeness (QED) is 0.303. The molecule has 3 aromatic rings. The van der Waals surface area contributed by atoms with Crippen LogP contribution in [-0.4, -0.2) is 59.2 Å². The van der Waals surface area contributed by atoms with Crippen LogP contribution in [-0.2, 0) is 23.1 Å². The fourth-order valence-electron chi connectivity index (χ4n) is 4.61. The van der Waals surface area contributed by atoms with Gasteiger partial charge in [0.15, 0.2) is 0 Å². The first-order valence-electron chi connectivity index (χ1n) is 13.9. The number of nitrogens with zero attached hydrogens (tertiary/aromatic N) is 3. The zero-order valence-corrected chi connectivity index (χ0v) is 25.9. The minimum Gasteiger partial charge on any atom is -0.493 e. The van der Waals surface area contributed by atoms with E-state index in [9.17, 15) is 19.2 Å². The van der Waals surface area contributed by atoms with Crippen LogP contribution >= 0.6 is 11.6 Å². The summed E-state index contributed by atoms with van der Waals surface area (Å²) in [6.07, 6.45) is 1.29. The van der Waals surface area contributed by atoms with Crippen LogP contribution in [0, 0.1) is 5.41 Å². The molecule has 1 aromatic heterocycles. The number of carbonyl (C=O) groups excluding carboxylic acids is 3. The molecule has 42 heavy (non-hydrogen) atoms. The molecule has 0 aliphatic rings. The van der Waals surface area contributed by atoms with Gasteiger partial charge >= 0.3 is 0 Å². The first kappa shape index (κ1) is 32.5. The maximum Gasteiger partial charge on any atom is 0.295 e. The Morgan fingerprint density at radius 2 is 1.76 bits per heavy atom. The topological polar surface area (TPSA) is 115 Å². The number of carbonyl (C=O) groups is 3. The smallest absolute Gasteiger partial charge is 0.295 e. The van der Waals surface area contributed by atoms with Crippen molar-refractivity contribution in [3.05, 3.63) is 75.2 Å². The van der Waals surface area contributed by atoms with E-state index < -0.39 is 5.41 Å². The molecule has 1 heterocycles. The number of hydrogen-bond acceptors (Lipinski definition) is 5. The molecule has 2 aromatic carbocycles. The Morgan fingerprint density at radius 3 is 2.40 bits per heavy atom. The van der Waals surface area contributed by atoms with Crippen LogP contribution in [0.3, 0.4) is 0 Å². The van der Waals surface area contributed by atoms with Crippen molar-refractivity contribution >= 4 is 35.0 Å². The monoisotopic (exact) mass is 597 g/mol. The number of halogens is 1. The van der Waals surface area contributed by atoms with Crippen molar-refractivity contribution in [1.82, 2.24) is 19.6 Å². The fourth-order valence-corrected chi connectivity index (χ4v) is 4.78. The number of para-hydroxylation sites is 1. The summed E-state index contributed by atoms with van der Waals surface area (Å²) < 4.78 is 8.78. The second kappa shape index (κ2) is 14.2. The van der Waals surface area contributed by atoms with Crippen LogP contribution in [0.2, 0.25) is 5.02 Å². The zero-order chi connectivity index (χ0) is 31.0. The first-order valence-corrected chi connectivity index (χ1v) is 14.3. The Bertz CT molecular complexity index is 1480. The van der Waals surface area contributed by atoms with Gasteiger partial charge in [0.05, 0.1) is 23.6 Å². The predicted molar refractivity (Wildman–Crippen MR) is 165 cm³/mol. The maximum absolute atomic E-state index is 13.6. The van der Waals surface area contributed by atoms with Crippen LogP contribution in [0.4, 0.5) is 5.69 Å². The molecule has 3 amide bonds. The van der Waals surface area contributed by atoms with Gasteiger partial charge in [-0.15, -0.1) is 0 Å². The lowest BCUT2D eigenvalue weighted by atomic mass is 9.88. The van der Waals surface area contributed by atoms with Crippen LogP contribution in [0.25, 0.3) is 5.69 Å². The molecule has 0 saturated heterocycles. The minimum atomic E-state index is -0.643. The number of anilines is 1. The van der Waals surface area contributed by atoms with E-state index in [1.54, 1.807) is 44.0 Å². The highest BCUT2D eigenvalue weighted by Crippen LogP contribution is 2.25. The Balaban J connectivity index is 1.77. The molecule has 226 valence electrons. The van der Waals surface area contributed by atoms with Crippen molar-refractivity contribution in [2.45, 2.75) is 46.5 Å². The standard InChI is InChI=1S/C31H40ClN5O5/c1-7-42-25-17-16-21(32)18-23(25)29(40)33-20-31(2,3)19-26(38)34-28-24(14-11-15-27(39)35(4)5)36(6)37(30(28)41)22-12-9-8-10-13-22/h8-10,12-13,16-18H,7,11,14-15,19-20H2,1-6H3,(H,33,40)(H,34,38). The Labute approximate surface area is 251 Å². The molecule has 11 heteroatoms. The molecule has 0 spiro atoms. The number of hydrogen-bond donors (Lipinski definition) is 2. The van der Waals surface area contributed by atoms with Crippen molar-refractivity contribution in [3.8, 4) is 11.4 Å². The van der Waals surface area contributed by atoms with Gasteiger partial charge in [0.2, 0.25) is 11.8 Å². The summed E-state index contributed by atoms with van der Waals surface area (Å²) in [7, 11) is 5.17. The van der Waals surface area contributed by atoms with E-state index in [0.29, 0.717) is 53.6 Å². The van der Waals surface area contributed by atoms with E-state index in [0.717, 1.165) is 0 Å². The average Bonchev–Trinajstić information content (AvgIpc) is 3.16.